The van der Waals surface area contributed by atoms with Crippen molar-refractivity contribution < 1.29 is 57.5 Å². The molecule has 4 aromatic carbocycles. The second-order valence-electron chi connectivity index (χ2n) is 33.9. The number of carbonyl (C=O) groups is 12. The van der Waals surface area contributed by atoms with Crippen LogP contribution in [-0.2, 0) is 83.2 Å². The predicted molar refractivity (Wildman–Crippen MR) is 564 cm³/mol. The van der Waals surface area contributed by atoms with Gasteiger partial charge >= 0.3 is 0 Å². The molecule has 2 saturated heterocycles. The maximum Gasteiger partial charge on any atom is 0.246 e. The van der Waals surface area contributed by atoms with E-state index in [2.05, 4.69) is 83.7 Å². The molecule has 12 amide bonds. The van der Waals surface area contributed by atoms with Gasteiger partial charge < -0.3 is 128 Å². The Balaban J connectivity index is 0.0000190. The molecule has 4 aromatic heterocycles. The highest BCUT2D eigenvalue weighted by Gasteiger charge is 2.44. The van der Waals surface area contributed by atoms with E-state index in [1.807, 2.05) is 119 Å². The molecular weight excluding hydrogens is 2010 g/mol. The maximum atomic E-state index is 16.1. The Morgan fingerprint density at radius 1 is 0.374 bits per heavy atom. The Morgan fingerprint density at radius 2 is 0.655 bits per heavy atom. The zero-order valence-electron chi connectivity index (χ0n) is 77.6. The smallest absolute Gasteiger partial charge is 0.246 e. The number of nitrogens with zero attached hydrogens (tertiary/aromatic N) is 2. The monoisotopic (exact) mass is 2140 g/mol. The Labute approximate surface area is 869 Å². The van der Waals surface area contributed by atoms with Crippen molar-refractivity contribution in [3.63, 3.8) is 0 Å². The normalized spacial score (nSPS) is 15.2. The number of hydrogen-bond acceptors (Lipinski definition) is 17. The number of aromatic amines is 4. The van der Waals surface area contributed by atoms with Crippen LogP contribution in [0, 0.1) is 28.1 Å². The topological polar surface area (TPSA) is 647 Å². The van der Waals surface area contributed by atoms with Gasteiger partial charge in [0.1, 0.15) is 66.5 Å². The average Bonchev–Trinajstić information content (AvgIpc) is 1.68. The molecule has 8 aromatic rings. The zero-order chi connectivity index (χ0) is 93.0. The minimum atomic E-state index is -1.48. The van der Waals surface area contributed by atoms with Crippen LogP contribution in [0.2, 0.25) is 0 Å². The fraction of sp³-hybridized carbons (Fsp3) is 0.478. The summed E-state index contributed by atoms with van der Waals surface area (Å²) in [6.07, 6.45) is 9.27. The van der Waals surface area contributed by atoms with Crippen molar-refractivity contribution in [2.24, 2.45) is 46.2 Å². The summed E-state index contributed by atoms with van der Waals surface area (Å²) in [4.78, 5) is 195. The van der Waals surface area contributed by atoms with Gasteiger partial charge in [-0.25, -0.2) is 0 Å². The highest BCUT2D eigenvalue weighted by atomic mass is 35.5. The molecule has 6 heterocycles. The molecule has 0 aliphatic carbocycles. The fourth-order valence-electron chi connectivity index (χ4n) is 16.7. The van der Waals surface area contributed by atoms with Crippen LogP contribution in [0.1, 0.15) is 146 Å². The van der Waals surface area contributed by atoms with E-state index >= 15 is 33.6 Å². The molecule has 774 valence electrons. The van der Waals surface area contributed by atoms with Crippen LogP contribution in [0.3, 0.4) is 0 Å². The minimum absolute atomic E-state index is 0. The largest absolute Gasteiger partial charge is 0.370 e. The van der Waals surface area contributed by atoms with Gasteiger partial charge in [0, 0.05) is 127 Å². The Morgan fingerprint density at radius 3 is 0.957 bits per heavy atom. The van der Waals surface area contributed by atoms with Gasteiger partial charge in [0.25, 0.3) is 0 Å². The molecule has 2 fully saturated rings. The first-order chi connectivity index (χ1) is 61.9. The van der Waals surface area contributed by atoms with E-state index < -0.39 is 143 Å². The molecule has 13 atom stereocenters. The number of halogens is 10. The van der Waals surface area contributed by atoms with Crippen LogP contribution < -0.4 is 98.2 Å². The van der Waals surface area contributed by atoms with Crippen LogP contribution in [0.25, 0.3) is 43.6 Å². The molecule has 10 rings (SSSR count). The molecule has 0 spiro atoms. The SMILES string of the molecule is CC[C@H](C)[C@H](N)C(=O)N[C@@H](CC(C)C)C(=O)N[C@@H](CCCNC(=N)N)C(=O)N[C@@H](Cc1c[nH]c2ccccc12)C(=O)N1CCC[C@H]1C(=O)N[C@@H](Cc1c[nH]c2ccccc12)C(=O)N[C@@H](Cc1c[nH]c2ccccc12)C(=O)N1CCC[C@H]1C(=O)N[C@@H](Cc1c[nH]c2ccccc12)C(=O)N[C@@H](CCCNC(=N)N)C(=O)N[C@@H](CCCNC(=N)N)C(=O)N[C@@H](CCCCN)C(N)=O.Cl.Cl.Cl.Cl.Cl.Cl.Cl.Cl.Cl.Cl. The predicted octanol–water partition coefficient (Wildman–Crippen LogP) is 5.27. The first-order valence-corrected chi connectivity index (χ1v) is 44.4. The number of guanidine groups is 3. The summed E-state index contributed by atoms with van der Waals surface area (Å²) in [5.74, 6) is -10.3. The van der Waals surface area contributed by atoms with Gasteiger partial charge in [-0.2, -0.15) is 0 Å². The molecular formula is C90H137Cl10N27O12. The summed E-state index contributed by atoms with van der Waals surface area (Å²) >= 11 is 0. The number of amides is 12. The van der Waals surface area contributed by atoms with Gasteiger partial charge in [-0.05, 0) is 155 Å². The zero-order valence-corrected chi connectivity index (χ0v) is 85.8. The molecule has 49 heteroatoms. The van der Waals surface area contributed by atoms with Crippen LogP contribution in [0.4, 0.5) is 0 Å². The highest BCUT2D eigenvalue weighted by Crippen LogP contribution is 2.29. The summed E-state index contributed by atoms with van der Waals surface area (Å²) in [7, 11) is 0. The lowest BCUT2D eigenvalue weighted by Crippen LogP contribution is -2.61. The summed E-state index contributed by atoms with van der Waals surface area (Å²) in [5.41, 5.74) is 40.0. The number of para-hydroxylation sites is 4. The number of hydrogen-bond donors (Lipinski definition) is 25. The van der Waals surface area contributed by atoms with Gasteiger partial charge in [-0.1, -0.05) is 107 Å². The molecule has 2 aliphatic rings. The third-order valence-electron chi connectivity index (χ3n) is 23.9. The van der Waals surface area contributed by atoms with Crippen LogP contribution in [-0.4, -0.2) is 230 Å². The summed E-state index contributed by atoms with van der Waals surface area (Å²) in [6, 6.07) is 13.7. The van der Waals surface area contributed by atoms with Crippen molar-refractivity contribution in [2.75, 3.05) is 39.3 Å². The average molecular weight is 2140 g/mol. The van der Waals surface area contributed by atoms with E-state index in [1.165, 1.54) is 9.80 Å². The van der Waals surface area contributed by atoms with E-state index in [-0.39, 0.29) is 283 Å². The number of aromatic nitrogens is 4. The number of carbonyl (C=O) groups excluding carboxylic acids is 12. The molecule has 0 bridgehead atoms. The van der Waals surface area contributed by atoms with Crippen molar-refractivity contribution in [2.45, 2.75) is 222 Å². The van der Waals surface area contributed by atoms with E-state index in [9.17, 15) is 24.0 Å². The summed E-state index contributed by atoms with van der Waals surface area (Å²) in [6.45, 7) is 8.15. The van der Waals surface area contributed by atoms with Crippen molar-refractivity contribution in [1.29, 1.82) is 16.2 Å². The molecule has 0 unspecified atom stereocenters. The van der Waals surface area contributed by atoms with Crippen LogP contribution in [0.15, 0.2) is 122 Å². The van der Waals surface area contributed by atoms with Gasteiger partial charge in [0.2, 0.25) is 70.9 Å². The molecule has 139 heavy (non-hydrogen) atoms. The van der Waals surface area contributed by atoms with Crippen molar-refractivity contribution >= 4 is 256 Å². The number of rotatable bonds is 49. The second kappa shape index (κ2) is 63.2. The van der Waals surface area contributed by atoms with E-state index in [0.717, 1.165) is 21.7 Å². The second-order valence-corrected chi connectivity index (χ2v) is 33.9. The van der Waals surface area contributed by atoms with E-state index in [1.54, 1.807) is 30.9 Å². The Bertz CT molecular complexity index is 5320. The number of unbranched alkanes of at least 4 members (excludes halogenated alkanes) is 1. The first-order valence-electron chi connectivity index (χ1n) is 44.4. The molecule has 0 radical (unpaired) electrons. The Kier molecular flexibility index (Phi) is 58.3. The highest BCUT2D eigenvalue weighted by molar-refractivity contribution is 6.02. The third-order valence-corrected chi connectivity index (χ3v) is 23.9. The number of primary amides is 1. The van der Waals surface area contributed by atoms with Crippen molar-refractivity contribution in [3.05, 3.63) is 144 Å². The molecule has 2 aliphatic heterocycles. The number of H-pyrrole nitrogens is 4. The van der Waals surface area contributed by atoms with Crippen molar-refractivity contribution in [1.82, 2.24) is 93.5 Å². The Hall–Kier alpha value is -10.7. The number of likely N-dealkylation sites (tertiary alicyclic amines) is 2. The van der Waals surface area contributed by atoms with Gasteiger partial charge in [0.05, 0.1) is 6.04 Å². The summed E-state index contributed by atoms with van der Waals surface area (Å²) < 4.78 is 0. The van der Waals surface area contributed by atoms with Crippen LogP contribution in [0.5, 0.6) is 0 Å². The van der Waals surface area contributed by atoms with Crippen LogP contribution >= 0.6 is 124 Å². The molecule has 39 nitrogen and oxygen atoms in total. The molecule has 31 N–H and O–H groups in total. The van der Waals surface area contributed by atoms with Gasteiger partial charge in [-0.15, -0.1) is 124 Å². The quantitative estimate of drug-likeness (QED) is 0.0131. The van der Waals surface area contributed by atoms with E-state index in [0.29, 0.717) is 76.4 Å². The summed E-state index contributed by atoms with van der Waals surface area (Å²) in [5, 5.41) is 60.1. The van der Waals surface area contributed by atoms with Gasteiger partial charge in [0.15, 0.2) is 17.9 Å². The number of fused-ring (bicyclic) bond motifs is 4. The fourth-order valence-corrected chi connectivity index (χ4v) is 16.7. The van der Waals surface area contributed by atoms with Gasteiger partial charge in [-0.3, -0.25) is 73.8 Å². The molecule has 0 saturated carbocycles. The minimum Gasteiger partial charge on any atom is -0.370 e. The number of benzene rings is 4. The lowest BCUT2D eigenvalue weighted by molar-refractivity contribution is -0.143. The lowest BCUT2D eigenvalue weighted by Gasteiger charge is -2.32. The number of nitrogens with two attached hydrogens (primary N) is 6. The third kappa shape index (κ3) is 36.7. The first kappa shape index (κ1) is 128. The maximum absolute atomic E-state index is 16.1. The number of nitrogens with one attached hydrogen (secondary N) is 19. The van der Waals surface area contributed by atoms with E-state index in [4.69, 9.17) is 50.6 Å². The standard InChI is InChI=1S/C90H127N27O12.10ClH/c1-5-51(4)75(92)85(127)113-68(41-50(2)3)80(122)109-67(32-18-38-102-90(98)99)79(121)114-71(44-54-48-105-62-27-12-8-23-58(54)62)86(128)116-39-19-34-74(116)84(126)112-70(43-53-47-104-61-26-11-7-22-57(53)61)82(124)115-72(45-55-49-106-63-28-13-9-24-59(55)63)87(129)117-40-20-33-73(117)83(125)111-69(42-52-46-103-60-25-10-6-21-56(52)60)81(123)110-66(31-17-37-101-89(96)97)78(120)108-65(30-16-36-100-88(94)95)77(119)107-64(76(93)118)29-14-15-35-91;;;;;;;;;;/h6-13,21-28,46-51,64-75,103-106H,5,14-20,29-45,91-92H2,1-4H3,(H2,93,118)(H,107,119)(H,108,120)(H,109,122)(H,110,123)(H,111,125)(H,112,126)(H,113,127)(H,114,121)(H,115,124)(H4,94,95,100)(H4,96,97,101)(H4,98,99,102);10*1H/t51-,64-,65-,66-,67-,68-,69-,70-,71-,72-,73-,74-,75-;;;;;;;;;;/m0........../s1. The lowest BCUT2D eigenvalue weighted by atomic mass is 9.97. The van der Waals surface area contributed by atoms with Crippen molar-refractivity contribution in [3.8, 4) is 0 Å².